The zero-order valence-corrected chi connectivity index (χ0v) is 11.1. The summed E-state index contributed by atoms with van der Waals surface area (Å²) in [6.45, 7) is 6.81. The Kier molecular flexibility index (Phi) is 6.22. The predicted molar refractivity (Wildman–Crippen MR) is 73.0 cm³/mol. The van der Waals surface area contributed by atoms with Crippen molar-refractivity contribution in [1.29, 1.82) is 0 Å². The van der Waals surface area contributed by atoms with Gasteiger partial charge in [-0.3, -0.25) is 0 Å². The van der Waals surface area contributed by atoms with Crippen molar-refractivity contribution >= 4 is 0 Å². The molecule has 0 aliphatic heterocycles. The van der Waals surface area contributed by atoms with Crippen LogP contribution in [0.3, 0.4) is 0 Å². The SMILES string of the molecule is CCCCC(CCC)c1cccc(CC)c1. The van der Waals surface area contributed by atoms with Gasteiger partial charge in [-0.15, -0.1) is 0 Å². The fraction of sp³-hybridized carbons (Fsp3) is 0.625. The van der Waals surface area contributed by atoms with Gasteiger partial charge in [-0.2, -0.15) is 0 Å². The summed E-state index contributed by atoms with van der Waals surface area (Å²) in [7, 11) is 0. The Labute approximate surface area is 101 Å². The third kappa shape index (κ3) is 4.00. The molecule has 0 fully saturated rings. The third-order valence-electron chi connectivity index (χ3n) is 3.37. The summed E-state index contributed by atoms with van der Waals surface area (Å²) in [6, 6.07) is 9.19. The molecule has 0 heteroatoms. The Hall–Kier alpha value is -0.780. The van der Waals surface area contributed by atoms with Crippen LogP contribution in [0.2, 0.25) is 0 Å². The Morgan fingerprint density at radius 3 is 2.44 bits per heavy atom. The minimum atomic E-state index is 0.788. The van der Waals surface area contributed by atoms with E-state index in [1.165, 1.54) is 37.7 Å². The number of rotatable bonds is 7. The highest BCUT2D eigenvalue weighted by Crippen LogP contribution is 2.27. The molecule has 1 unspecified atom stereocenters. The van der Waals surface area contributed by atoms with E-state index in [0.717, 1.165) is 12.3 Å². The van der Waals surface area contributed by atoms with Crippen molar-refractivity contribution in [1.82, 2.24) is 0 Å². The van der Waals surface area contributed by atoms with Crippen LogP contribution in [0, 0.1) is 0 Å². The van der Waals surface area contributed by atoms with Crippen LogP contribution >= 0.6 is 0 Å². The second-order valence-electron chi connectivity index (χ2n) is 4.73. The first-order valence-electron chi connectivity index (χ1n) is 6.90. The van der Waals surface area contributed by atoms with E-state index in [1.54, 1.807) is 5.56 Å². The summed E-state index contributed by atoms with van der Waals surface area (Å²) < 4.78 is 0. The lowest BCUT2D eigenvalue weighted by Gasteiger charge is -2.17. The van der Waals surface area contributed by atoms with Gasteiger partial charge in [-0.1, -0.05) is 64.3 Å². The monoisotopic (exact) mass is 218 g/mol. The number of benzene rings is 1. The lowest BCUT2D eigenvalue weighted by molar-refractivity contribution is 0.541. The molecule has 0 radical (unpaired) electrons. The zero-order valence-electron chi connectivity index (χ0n) is 11.1. The van der Waals surface area contributed by atoms with Crippen molar-refractivity contribution in [2.24, 2.45) is 0 Å². The molecule has 0 nitrogen and oxygen atoms in total. The Morgan fingerprint density at radius 2 is 1.81 bits per heavy atom. The minimum Gasteiger partial charge on any atom is -0.0654 e. The van der Waals surface area contributed by atoms with E-state index in [4.69, 9.17) is 0 Å². The topological polar surface area (TPSA) is 0 Å². The summed E-state index contributed by atoms with van der Waals surface area (Å²) in [6.07, 6.45) is 7.82. The molecule has 0 aromatic heterocycles. The fourth-order valence-corrected chi connectivity index (χ4v) is 2.34. The van der Waals surface area contributed by atoms with Gasteiger partial charge >= 0.3 is 0 Å². The molecular formula is C16H26. The average molecular weight is 218 g/mol. The van der Waals surface area contributed by atoms with Gasteiger partial charge in [0.25, 0.3) is 0 Å². The number of aryl methyl sites for hydroxylation is 1. The highest BCUT2D eigenvalue weighted by molar-refractivity contribution is 5.26. The van der Waals surface area contributed by atoms with Crippen LogP contribution < -0.4 is 0 Å². The largest absolute Gasteiger partial charge is 0.0654 e. The predicted octanol–water partition coefficient (Wildman–Crippen LogP) is 5.32. The summed E-state index contributed by atoms with van der Waals surface area (Å²) >= 11 is 0. The molecule has 0 spiro atoms. The van der Waals surface area contributed by atoms with E-state index in [2.05, 4.69) is 45.0 Å². The maximum absolute atomic E-state index is 2.41. The Morgan fingerprint density at radius 1 is 1.00 bits per heavy atom. The van der Waals surface area contributed by atoms with Crippen molar-refractivity contribution in [3.63, 3.8) is 0 Å². The molecule has 0 amide bonds. The highest BCUT2D eigenvalue weighted by Gasteiger charge is 2.10. The van der Waals surface area contributed by atoms with Crippen molar-refractivity contribution < 1.29 is 0 Å². The first kappa shape index (κ1) is 13.3. The first-order valence-corrected chi connectivity index (χ1v) is 6.90. The molecule has 1 rings (SSSR count). The van der Waals surface area contributed by atoms with Crippen molar-refractivity contribution in [2.75, 3.05) is 0 Å². The number of hydrogen-bond donors (Lipinski definition) is 0. The van der Waals surface area contributed by atoms with Crippen LogP contribution in [0.5, 0.6) is 0 Å². The molecule has 1 atom stereocenters. The van der Waals surface area contributed by atoms with Gasteiger partial charge in [0.05, 0.1) is 0 Å². The summed E-state index contributed by atoms with van der Waals surface area (Å²) in [4.78, 5) is 0. The van der Waals surface area contributed by atoms with Crippen LogP contribution in [0.1, 0.15) is 69.9 Å². The summed E-state index contributed by atoms with van der Waals surface area (Å²) in [5.41, 5.74) is 3.05. The van der Waals surface area contributed by atoms with Crippen molar-refractivity contribution in [3.8, 4) is 0 Å². The number of unbranched alkanes of at least 4 members (excludes halogenated alkanes) is 1. The Bertz CT molecular complexity index is 288. The van der Waals surface area contributed by atoms with Crippen LogP contribution in [0.4, 0.5) is 0 Å². The van der Waals surface area contributed by atoms with Gasteiger partial charge in [0.15, 0.2) is 0 Å². The molecule has 0 bridgehead atoms. The maximum Gasteiger partial charge on any atom is -0.0162 e. The Balaban J connectivity index is 2.73. The second kappa shape index (κ2) is 7.49. The fourth-order valence-electron chi connectivity index (χ4n) is 2.34. The molecular weight excluding hydrogens is 192 g/mol. The van der Waals surface area contributed by atoms with Gasteiger partial charge in [0, 0.05) is 0 Å². The van der Waals surface area contributed by atoms with Gasteiger partial charge < -0.3 is 0 Å². The first-order chi connectivity index (χ1) is 7.81. The van der Waals surface area contributed by atoms with Crippen molar-refractivity contribution in [3.05, 3.63) is 35.4 Å². The molecule has 0 aliphatic carbocycles. The van der Waals surface area contributed by atoms with Crippen LogP contribution in [0.15, 0.2) is 24.3 Å². The molecule has 0 aliphatic rings. The molecule has 16 heavy (non-hydrogen) atoms. The molecule has 0 saturated carbocycles. The second-order valence-corrected chi connectivity index (χ2v) is 4.73. The van der Waals surface area contributed by atoms with E-state index >= 15 is 0 Å². The van der Waals surface area contributed by atoms with Gasteiger partial charge in [0.2, 0.25) is 0 Å². The minimum absolute atomic E-state index is 0.788. The molecule has 1 aromatic carbocycles. The van der Waals surface area contributed by atoms with E-state index in [0.29, 0.717) is 0 Å². The van der Waals surface area contributed by atoms with E-state index < -0.39 is 0 Å². The zero-order chi connectivity index (χ0) is 11.8. The van der Waals surface area contributed by atoms with Crippen LogP contribution in [-0.2, 0) is 6.42 Å². The molecule has 0 N–H and O–H groups in total. The van der Waals surface area contributed by atoms with Gasteiger partial charge in [0.1, 0.15) is 0 Å². The maximum atomic E-state index is 2.41. The molecule has 0 heterocycles. The standard InChI is InChI=1S/C16H26/c1-4-7-11-15(9-5-2)16-12-8-10-14(6-3)13-16/h8,10,12-13,15H,4-7,9,11H2,1-3H3. The summed E-state index contributed by atoms with van der Waals surface area (Å²) in [5, 5.41) is 0. The normalized spacial score (nSPS) is 12.7. The average Bonchev–Trinajstić information content (AvgIpc) is 2.34. The molecule has 1 aromatic rings. The van der Waals surface area contributed by atoms with Gasteiger partial charge in [-0.05, 0) is 36.3 Å². The highest BCUT2D eigenvalue weighted by atomic mass is 14.1. The third-order valence-corrected chi connectivity index (χ3v) is 3.37. The van der Waals surface area contributed by atoms with E-state index in [9.17, 15) is 0 Å². The van der Waals surface area contributed by atoms with E-state index in [1.807, 2.05) is 0 Å². The van der Waals surface area contributed by atoms with Crippen molar-refractivity contribution in [2.45, 2.75) is 65.2 Å². The van der Waals surface area contributed by atoms with Crippen LogP contribution in [0.25, 0.3) is 0 Å². The lowest BCUT2D eigenvalue weighted by Crippen LogP contribution is -1.99. The van der Waals surface area contributed by atoms with Crippen LogP contribution in [-0.4, -0.2) is 0 Å². The smallest absolute Gasteiger partial charge is 0.0162 e. The number of hydrogen-bond acceptors (Lipinski definition) is 0. The molecule has 90 valence electrons. The van der Waals surface area contributed by atoms with E-state index in [-0.39, 0.29) is 0 Å². The lowest BCUT2D eigenvalue weighted by atomic mass is 9.88. The molecule has 0 saturated heterocycles. The van der Waals surface area contributed by atoms with Gasteiger partial charge in [-0.25, -0.2) is 0 Å². The summed E-state index contributed by atoms with van der Waals surface area (Å²) in [5.74, 6) is 0.788. The quantitative estimate of drug-likeness (QED) is 0.581.